The van der Waals surface area contributed by atoms with Gasteiger partial charge in [0.15, 0.2) is 0 Å². The van der Waals surface area contributed by atoms with Gasteiger partial charge in [-0.15, -0.1) is 0 Å². The predicted octanol–water partition coefficient (Wildman–Crippen LogP) is 0.877. The molecular weight excluding hydrogens is 128 g/mol. The number of nitrogens with zero attached hydrogens (tertiary/aromatic N) is 1. The highest BCUT2D eigenvalue weighted by Crippen LogP contribution is 2.05. The van der Waals surface area contributed by atoms with Crippen LogP contribution in [0, 0.1) is 6.07 Å². The van der Waals surface area contributed by atoms with Crippen LogP contribution >= 0.6 is 0 Å². The van der Waals surface area contributed by atoms with E-state index in [2.05, 4.69) is 11.2 Å². The zero-order chi connectivity index (χ0) is 7.40. The van der Waals surface area contributed by atoms with Crippen LogP contribution in [0.15, 0.2) is 23.4 Å². The molecule has 0 saturated carbocycles. The lowest BCUT2D eigenvalue weighted by atomic mass is 10.2. The zero-order valence-electron chi connectivity index (χ0n) is 5.28. The molecule has 0 amide bonds. The topological polar surface area (TPSA) is 58.6 Å². The summed E-state index contributed by atoms with van der Waals surface area (Å²) < 4.78 is 0. The summed E-state index contributed by atoms with van der Waals surface area (Å²) in [4.78, 5) is 0. The van der Waals surface area contributed by atoms with Crippen molar-refractivity contribution in [3.8, 4) is 0 Å². The highest BCUT2D eigenvalue weighted by Gasteiger charge is 1.91. The van der Waals surface area contributed by atoms with E-state index in [1.54, 1.807) is 18.2 Å². The number of hydrogen-bond donors (Lipinski definition) is 2. The normalized spacial score (nSPS) is 10.4. The molecule has 0 unspecified atom stereocenters. The fourth-order valence-electron chi connectivity index (χ4n) is 0.632. The smallest absolute Gasteiger partial charge is 0.0760 e. The van der Waals surface area contributed by atoms with Crippen LogP contribution in [-0.4, -0.2) is 11.4 Å². The average molecular weight is 135 g/mol. The van der Waals surface area contributed by atoms with Crippen LogP contribution < -0.4 is 5.73 Å². The van der Waals surface area contributed by atoms with Gasteiger partial charge in [0.1, 0.15) is 0 Å². The summed E-state index contributed by atoms with van der Waals surface area (Å²) in [7, 11) is 0. The van der Waals surface area contributed by atoms with Crippen molar-refractivity contribution in [3.63, 3.8) is 0 Å². The van der Waals surface area contributed by atoms with Crippen LogP contribution in [0.1, 0.15) is 5.56 Å². The van der Waals surface area contributed by atoms with E-state index in [1.807, 2.05) is 0 Å². The third-order valence-corrected chi connectivity index (χ3v) is 1.11. The van der Waals surface area contributed by atoms with E-state index >= 15 is 0 Å². The molecule has 0 fully saturated rings. The maximum atomic E-state index is 8.14. The van der Waals surface area contributed by atoms with Crippen molar-refractivity contribution >= 4 is 11.9 Å². The number of nitrogen functional groups attached to an aromatic ring is 1. The second kappa shape index (κ2) is 2.87. The van der Waals surface area contributed by atoms with Gasteiger partial charge in [-0.1, -0.05) is 17.3 Å². The van der Waals surface area contributed by atoms with Gasteiger partial charge in [0.05, 0.1) is 6.21 Å². The number of oxime groups is 1. The van der Waals surface area contributed by atoms with Gasteiger partial charge in [-0.05, 0) is 12.1 Å². The van der Waals surface area contributed by atoms with E-state index in [-0.39, 0.29) is 0 Å². The second-order valence-electron chi connectivity index (χ2n) is 1.78. The fourth-order valence-corrected chi connectivity index (χ4v) is 0.632. The van der Waals surface area contributed by atoms with Crippen LogP contribution in [0.4, 0.5) is 5.69 Å². The Morgan fingerprint density at radius 3 is 3.10 bits per heavy atom. The lowest BCUT2D eigenvalue weighted by Crippen LogP contribution is -1.91. The number of nitrogens with two attached hydrogens (primary N) is 1. The molecule has 3 nitrogen and oxygen atoms in total. The van der Waals surface area contributed by atoms with Gasteiger partial charge < -0.3 is 10.9 Å². The molecule has 0 spiro atoms. The van der Waals surface area contributed by atoms with E-state index in [9.17, 15) is 0 Å². The molecule has 3 N–H and O–H groups in total. The Morgan fingerprint density at radius 1 is 1.70 bits per heavy atom. The number of anilines is 1. The maximum Gasteiger partial charge on any atom is 0.0760 e. The summed E-state index contributed by atoms with van der Waals surface area (Å²) in [5.74, 6) is 0. The first-order chi connectivity index (χ1) is 4.84. The summed E-state index contributed by atoms with van der Waals surface area (Å²) >= 11 is 0. The van der Waals surface area contributed by atoms with Gasteiger partial charge >= 0.3 is 0 Å². The van der Waals surface area contributed by atoms with Crippen molar-refractivity contribution in [3.05, 3.63) is 29.8 Å². The molecule has 10 heavy (non-hydrogen) atoms. The van der Waals surface area contributed by atoms with Crippen molar-refractivity contribution in [1.82, 2.24) is 0 Å². The molecule has 1 radical (unpaired) electrons. The number of rotatable bonds is 1. The Bertz CT molecular complexity index is 245. The van der Waals surface area contributed by atoms with E-state index in [0.717, 1.165) is 0 Å². The summed E-state index contributed by atoms with van der Waals surface area (Å²) in [6.07, 6.45) is 1.25. The van der Waals surface area contributed by atoms with Gasteiger partial charge in [0.25, 0.3) is 0 Å². The largest absolute Gasteiger partial charge is 0.411 e. The molecule has 0 aliphatic carbocycles. The van der Waals surface area contributed by atoms with Gasteiger partial charge in [0, 0.05) is 11.3 Å². The molecule has 0 saturated heterocycles. The quantitative estimate of drug-likeness (QED) is 0.260. The van der Waals surface area contributed by atoms with E-state index < -0.39 is 0 Å². The SMILES string of the molecule is Nc1ccc[c]c1/C=N\O. The van der Waals surface area contributed by atoms with Crippen molar-refractivity contribution < 1.29 is 5.21 Å². The molecule has 51 valence electrons. The highest BCUT2D eigenvalue weighted by atomic mass is 16.4. The maximum absolute atomic E-state index is 8.14. The standard InChI is InChI=1S/C7H7N2O/c8-7-4-2-1-3-6(7)5-9-10/h1-2,4-5,10H,8H2/b9-5-. The Labute approximate surface area is 58.8 Å². The summed E-state index contributed by atoms with van der Waals surface area (Å²) in [5.41, 5.74) is 6.63. The number of benzene rings is 1. The van der Waals surface area contributed by atoms with Gasteiger partial charge in [-0.2, -0.15) is 0 Å². The first kappa shape index (κ1) is 6.61. The van der Waals surface area contributed by atoms with Gasteiger partial charge in [0.2, 0.25) is 0 Å². The molecule has 0 bridgehead atoms. The Morgan fingerprint density at radius 2 is 2.50 bits per heavy atom. The van der Waals surface area contributed by atoms with Gasteiger partial charge in [-0.25, -0.2) is 0 Å². The molecule has 1 aromatic rings. The van der Waals surface area contributed by atoms with Gasteiger partial charge in [-0.3, -0.25) is 0 Å². The minimum Gasteiger partial charge on any atom is -0.411 e. The van der Waals surface area contributed by atoms with Crippen LogP contribution in [-0.2, 0) is 0 Å². The summed E-state index contributed by atoms with van der Waals surface area (Å²) in [5, 5.41) is 11.0. The van der Waals surface area contributed by atoms with Crippen molar-refractivity contribution in [2.75, 3.05) is 5.73 Å². The molecular formula is C7H7N2O. The van der Waals surface area contributed by atoms with Crippen LogP contribution in [0.25, 0.3) is 0 Å². The molecule has 0 aromatic heterocycles. The minimum absolute atomic E-state index is 0.556. The monoisotopic (exact) mass is 135 g/mol. The molecule has 0 aliphatic heterocycles. The average Bonchev–Trinajstić information content (AvgIpc) is 1.94. The molecule has 3 heteroatoms. The molecule has 1 rings (SSSR count). The summed E-state index contributed by atoms with van der Waals surface area (Å²) in [6.45, 7) is 0. The Balaban J connectivity index is 3.03. The fraction of sp³-hybridized carbons (Fsp3) is 0. The highest BCUT2D eigenvalue weighted by molar-refractivity contribution is 5.85. The van der Waals surface area contributed by atoms with Crippen LogP contribution in [0.5, 0.6) is 0 Å². The first-order valence-electron chi connectivity index (χ1n) is 2.78. The lowest BCUT2D eigenvalue weighted by Gasteiger charge is -1.94. The molecule has 1 aromatic carbocycles. The third kappa shape index (κ3) is 1.25. The first-order valence-corrected chi connectivity index (χ1v) is 2.78. The second-order valence-corrected chi connectivity index (χ2v) is 1.78. The number of hydrogen-bond acceptors (Lipinski definition) is 3. The van der Waals surface area contributed by atoms with Crippen LogP contribution in [0.2, 0.25) is 0 Å². The predicted molar refractivity (Wildman–Crippen MR) is 39.1 cm³/mol. The molecule has 0 aliphatic rings. The van der Waals surface area contributed by atoms with Crippen molar-refractivity contribution in [1.29, 1.82) is 0 Å². The Kier molecular flexibility index (Phi) is 1.89. The third-order valence-electron chi connectivity index (χ3n) is 1.11. The van der Waals surface area contributed by atoms with Crippen LogP contribution in [0.3, 0.4) is 0 Å². The van der Waals surface area contributed by atoms with E-state index in [0.29, 0.717) is 11.3 Å². The van der Waals surface area contributed by atoms with E-state index in [4.69, 9.17) is 10.9 Å². The lowest BCUT2D eigenvalue weighted by molar-refractivity contribution is 0.322. The zero-order valence-corrected chi connectivity index (χ0v) is 5.28. The van der Waals surface area contributed by atoms with Crippen molar-refractivity contribution in [2.45, 2.75) is 0 Å². The van der Waals surface area contributed by atoms with Crippen molar-refractivity contribution in [2.24, 2.45) is 5.16 Å². The molecule has 0 heterocycles. The Hall–Kier alpha value is -1.51. The molecule has 0 atom stereocenters. The van der Waals surface area contributed by atoms with E-state index in [1.165, 1.54) is 6.21 Å². The summed E-state index contributed by atoms with van der Waals surface area (Å²) in [6, 6.07) is 7.99. The minimum atomic E-state index is 0.556.